The molecule has 14 rings (SSSR count). The second-order valence-corrected chi connectivity index (χ2v) is 33.5. The number of nitrogens with two attached hydrogens (primary N) is 3. The molecule has 594 valence electrons. The summed E-state index contributed by atoms with van der Waals surface area (Å²) in [6.45, 7) is 3.36. The molecule has 0 bridgehead atoms. The molecule has 3 aromatic carbocycles. The number of amides is 6. The van der Waals surface area contributed by atoms with Crippen LogP contribution in [0.15, 0.2) is 174 Å². The van der Waals surface area contributed by atoms with Crippen LogP contribution in [0.3, 0.4) is 0 Å². The van der Waals surface area contributed by atoms with E-state index in [0.717, 1.165) is 76.6 Å². The summed E-state index contributed by atoms with van der Waals surface area (Å²) in [4.78, 5) is 164. The molecule has 114 heavy (non-hydrogen) atoms. The lowest BCUT2D eigenvalue weighted by atomic mass is 9.83. The summed E-state index contributed by atoms with van der Waals surface area (Å²) in [6, 6.07) is 26.4. The molecule has 6 aliphatic heterocycles. The predicted molar refractivity (Wildman–Crippen MR) is 425 cm³/mol. The number of rotatable bonds is 24. The van der Waals surface area contributed by atoms with Crippen molar-refractivity contribution >= 4 is 178 Å². The topological polar surface area (TPSA) is 505 Å². The first-order valence-corrected chi connectivity index (χ1v) is 40.6. The molecular formula is C73H73BrN17O17PS5. The molecule has 0 radical (unpaired) electrons. The highest BCUT2D eigenvalue weighted by Crippen LogP contribution is 2.58. The van der Waals surface area contributed by atoms with Crippen molar-refractivity contribution in [3.8, 4) is 0 Å². The summed E-state index contributed by atoms with van der Waals surface area (Å²) in [5, 5.41) is 66.9. The normalized spacial score (nSPS) is 19.1. The number of nitrogen functional groups attached to an aromatic ring is 3. The fraction of sp³-hybridized carbons (Fsp3) is 0.260. The van der Waals surface area contributed by atoms with Gasteiger partial charge in [0, 0.05) is 25.9 Å². The number of carboxylic acid groups (broad SMARTS) is 3. The Balaban J connectivity index is 0.000000176. The van der Waals surface area contributed by atoms with Gasteiger partial charge in [-0.3, -0.25) is 48.3 Å². The summed E-state index contributed by atoms with van der Waals surface area (Å²) in [5.41, 5.74) is 23.1. The van der Waals surface area contributed by atoms with Crippen LogP contribution in [0.5, 0.6) is 0 Å². The number of hydrogen-bond acceptors (Lipinski definition) is 30. The van der Waals surface area contributed by atoms with Crippen molar-refractivity contribution < 1.29 is 99.9 Å². The molecule has 41 heteroatoms. The molecule has 34 nitrogen and oxygen atoms in total. The number of aliphatic carboxylic acids is 3. The van der Waals surface area contributed by atoms with Gasteiger partial charge in [0.25, 0.3) is 35.4 Å². The first-order chi connectivity index (χ1) is 54.4. The van der Waals surface area contributed by atoms with Crippen molar-refractivity contribution in [3.63, 3.8) is 0 Å². The molecule has 0 spiro atoms. The molecule has 3 unspecified atom stereocenters. The Hall–Kier alpha value is -11.7. The molecule has 0 saturated carbocycles. The summed E-state index contributed by atoms with van der Waals surface area (Å²) in [6.07, 6.45) is 7.28. The number of nitrogens with zero attached hydrogens (tertiary/aromatic N) is 11. The highest BCUT2D eigenvalue weighted by atomic mass is 79.9. The van der Waals surface area contributed by atoms with Crippen LogP contribution in [0.2, 0.25) is 0 Å². The summed E-state index contributed by atoms with van der Waals surface area (Å²) in [7, 11) is 1.44. The highest BCUT2D eigenvalue weighted by molar-refractivity contribution is 7.95. The van der Waals surface area contributed by atoms with Crippen LogP contribution in [0.4, 0.5) is 15.4 Å². The predicted octanol–water partition coefficient (Wildman–Crippen LogP) is 1.44. The number of allylic oxidation sites excluding steroid dienone is 3. The monoisotopic (exact) mass is 1730 g/mol. The van der Waals surface area contributed by atoms with Crippen LogP contribution in [0, 0.1) is 13.8 Å². The summed E-state index contributed by atoms with van der Waals surface area (Å²) >= 11 is 6.38. The largest absolute Gasteiger partial charge is 1.00 e. The van der Waals surface area contributed by atoms with Gasteiger partial charge in [-0.25, -0.2) is 39.3 Å². The second-order valence-electron chi connectivity index (χ2n) is 25.2. The SMILES string of the molecule is CO/N=C(/C(=O)N[C@@H]1C(=O)N2C(C(=O)O)=C(/C=C\c3ncsc3C)CCC12)c1csc(N)n1.CO/N=C(/C(=O)N[C@@H]1C(=O)N2C(C(=O)O)=C(CO)CCC12)c1csc(N)n1.CO/N=C(/C(=O)N[C@@H]1C(=O)N2C(C(=O)O)=C(C[P+](c3ccccc3)(c3ccccc3)c3ccccc3)CCC12)c1csc(N)n1.Cc1scnc1C=O.[Br-]. The van der Waals surface area contributed by atoms with Crippen molar-refractivity contribution in [3.05, 3.63) is 196 Å². The van der Waals surface area contributed by atoms with Crippen molar-refractivity contribution in [1.29, 1.82) is 0 Å². The standard InChI is InChI=1S/C33H30N5O5PS.C20H20N6O5S2.C15H17N5O6S.C5H5NOS.BrH/c1-43-37-27(25-20-45-33(34)35-25)30(39)36-28-26-18-17-21(29(32(41)42)38(26)31(28)40)19-44(22-11-5-2-6-12-22,23-13-7-3-8-14-23)24-15-9-4-10-16-24;1-9-11(22-8-33-9)5-3-10-4-6-13-15(18(28)26(13)16(10)19(29)30)24-17(27)14(25-31-2)12-7-32-20(21)23-12;1-26-19-9(7-5-27-15(16)17-7)12(22)18-10-8-3-2-6(4-21)11(14(24)25)20(8)13(10)23;1-4-5(2-7)6-3-8-4;/h2-16,20,26,28H,17-19H2,1H3,(H3-,34,35,36,39,41,42);3,5,7-8,13,15H,4,6H2,1-2H3,(H2,21,23)(H,24,27)(H,29,30);5,8,10,21H,2-4H2,1H3,(H2,16,17)(H,18,22)(H,24,25);2-3H,1H3;1H/b37-27+;5-3-,25-14+;19-9+;;/t26?,28-;13?,15-;8?,10-;;/m000../s1. The quantitative estimate of drug-likeness (QED) is 0.0134. The minimum absolute atomic E-state index is 0. The lowest BCUT2D eigenvalue weighted by Crippen LogP contribution is -3.00. The van der Waals surface area contributed by atoms with Crippen LogP contribution in [0.1, 0.15) is 81.5 Å². The number of aliphatic hydroxyl groups excluding tert-OH is 1. The Morgan fingerprint density at radius 3 is 1.17 bits per heavy atom. The van der Waals surface area contributed by atoms with Crippen LogP contribution < -0.4 is 66.0 Å². The Morgan fingerprint density at radius 1 is 0.518 bits per heavy atom. The molecule has 3 fully saturated rings. The first kappa shape index (κ1) is 84.8. The third-order valence-corrected chi connectivity index (χ3v) is 26.8. The van der Waals surface area contributed by atoms with Gasteiger partial charge in [-0.1, -0.05) is 76.1 Å². The number of benzene rings is 3. The first-order valence-electron chi connectivity index (χ1n) is 34.2. The van der Waals surface area contributed by atoms with Crippen molar-refractivity contribution in [2.75, 3.05) is 51.3 Å². The molecular weight excluding hydrogens is 1660 g/mol. The van der Waals surface area contributed by atoms with E-state index in [2.05, 4.69) is 97.6 Å². The van der Waals surface area contributed by atoms with Crippen molar-refractivity contribution in [1.82, 2.24) is 55.6 Å². The zero-order chi connectivity index (χ0) is 80.9. The minimum atomic E-state index is -2.41. The average Bonchev–Trinajstić information content (AvgIpc) is 0.909. The van der Waals surface area contributed by atoms with E-state index in [1.807, 2.05) is 68.4 Å². The number of aromatic nitrogens is 5. The molecule has 5 aromatic heterocycles. The van der Waals surface area contributed by atoms with Gasteiger partial charge in [0.05, 0.1) is 47.6 Å². The fourth-order valence-corrected chi connectivity index (χ4v) is 20.8. The van der Waals surface area contributed by atoms with E-state index in [1.165, 1.54) is 59.2 Å². The zero-order valence-corrected chi connectivity index (χ0v) is 67.6. The van der Waals surface area contributed by atoms with E-state index in [0.29, 0.717) is 61.5 Å². The number of anilines is 3. The van der Waals surface area contributed by atoms with Crippen LogP contribution in [0.25, 0.3) is 6.08 Å². The van der Waals surface area contributed by atoms with E-state index in [1.54, 1.807) is 33.9 Å². The number of aliphatic hydroxyl groups is 1. The third kappa shape index (κ3) is 17.9. The fourth-order valence-electron chi connectivity index (χ4n) is 13.7. The molecule has 6 atom stereocenters. The number of carbonyl (C=O) groups is 10. The molecule has 0 aliphatic carbocycles. The van der Waals surface area contributed by atoms with E-state index in [4.69, 9.17) is 26.9 Å². The van der Waals surface area contributed by atoms with Crippen LogP contribution in [-0.4, -0.2) is 207 Å². The molecule has 8 aromatic rings. The van der Waals surface area contributed by atoms with Gasteiger partial charge in [-0.2, -0.15) is 0 Å². The Bertz CT molecular complexity index is 5120. The van der Waals surface area contributed by atoms with Crippen molar-refractivity contribution in [2.24, 2.45) is 15.5 Å². The number of oxime groups is 3. The van der Waals surface area contributed by atoms with E-state index >= 15 is 0 Å². The van der Waals surface area contributed by atoms with E-state index in [-0.39, 0.29) is 89.3 Å². The molecule has 6 amide bonds. The number of carbonyl (C=O) groups excluding carboxylic acids is 7. The number of fused-ring (bicyclic) bond motifs is 3. The zero-order valence-electron chi connectivity index (χ0n) is 61.0. The van der Waals surface area contributed by atoms with Gasteiger partial charge in [0.1, 0.15) is 102 Å². The van der Waals surface area contributed by atoms with Gasteiger partial charge in [-0.15, -0.1) is 56.7 Å². The molecule has 11 heterocycles. The molecule has 13 N–H and O–H groups in total. The lowest BCUT2D eigenvalue weighted by molar-refractivity contribution is -0.155. The Morgan fingerprint density at radius 2 is 0.860 bits per heavy atom. The number of hydrogen-bond donors (Lipinski definition) is 10. The van der Waals surface area contributed by atoms with E-state index in [9.17, 15) is 68.4 Å². The van der Waals surface area contributed by atoms with E-state index < -0.39 is 103 Å². The number of β-lactam (4-membered cyclic amide) rings is 3. The Labute approximate surface area is 680 Å². The maximum atomic E-state index is 13.6. The maximum absolute atomic E-state index is 13.6. The highest BCUT2D eigenvalue weighted by Gasteiger charge is 2.58. The van der Waals surface area contributed by atoms with Crippen molar-refractivity contribution in [2.45, 2.75) is 88.6 Å². The van der Waals surface area contributed by atoms with Gasteiger partial charge in [0.2, 0.25) is 0 Å². The Kier molecular flexibility index (Phi) is 28.1. The summed E-state index contributed by atoms with van der Waals surface area (Å²) < 4.78 is 0. The third-order valence-electron chi connectivity index (χ3n) is 18.8. The number of nitrogens with one attached hydrogen (secondary N) is 3. The number of aryl methyl sites for hydroxylation is 2. The smallest absolute Gasteiger partial charge is 0.352 e. The average molecular weight is 1730 g/mol. The van der Waals surface area contributed by atoms with Gasteiger partial charge in [0.15, 0.2) is 38.8 Å². The second kappa shape index (κ2) is 37.8. The molecule has 6 aliphatic rings. The summed E-state index contributed by atoms with van der Waals surface area (Å²) in [5.74, 6) is -7.22. The van der Waals surface area contributed by atoms with Crippen LogP contribution in [-0.2, 0) is 57.7 Å². The lowest BCUT2D eigenvalue weighted by Gasteiger charge is -2.50. The van der Waals surface area contributed by atoms with Gasteiger partial charge >= 0.3 is 17.9 Å². The number of thiazole rings is 5. The van der Waals surface area contributed by atoms with Gasteiger partial charge in [-0.05, 0) is 112 Å². The number of aldehydes is 1. The van der Waals surface area contributed by atoms with Gasteiger partial charge < -0.3 is 85.1 Å². The minimum Gasteiger partial charge on any atom is -1.00 e. The molecule has 3 saturated heterocycles. The maximum Gasteiger partial charge on any atom is 0.352 e. The van der Waals surface area contributed by atoms with Crippen LogP contribution >= 0.6 is 63.9 Å². The number of carboxylic acids is 3. The number of halogens is 1.